The molecule has 0 saturated heterocycles. The molecule has 0 fully saturated rings. The molecule has 0 aliphatic carbocycles. The maximum atomic E-state index is 6.15. The van der Waals surface area contributed by atoms with Crippen molar-refractivity contribution in [3.8, 4) is 17.2 Å². The number of aromatic nitrogens is 2. The van der Waals surface area contributed by atoms with Gasteiger partial charge in [0.15, 0.2) is 0 Å². The molecule has 1 atom stereocenters. The highest BCUT2D eigenvalue weighted by molar-refractivity contribution is 5.97. The molecule has 1 aromatic heterocycles. The highest BCUT2D eigenvalue weighted by atomic mass is 16.5. The Bertz CT molecular complexity index is 1000. The summed E-state index contributed by atoms with van der Waals surface area (Å²) in [6.45, 7) is 6.43. The van der Waals surface area contributed by atoms with Gasteiger partial charge < -0.3 is 20.9 Å². The van der Waals surface area contributed by atoms with Crippen molar-refractivity contribution in [1.82, 2.24) is 9.97 Å². The van der Waals surface area contributed by atoms with E-state index in [4.69, 9.17) is 20.9 Å². The van der Waals surface area contributed by atoms with Gasteiger partial charge in [0, 0.05) is 17.5 Å². The van der Waals surface area contributed by atoms with Crippen LogP contribution >= 0.6 is 0 Å². The number of rotatable bonds is 3. The first-order valence-corrected chi connectivity index (χ1v) is 7.99. The van der Waals surface area contributed by atoms with E-state index in [0.717, 1.165) is 11.1 Å². The molecule has 2 aromatic carbocycles. The van der Waals surface area contributed by atoms with Crippen LogP contribution in [0.1, 0.15) is 24.0 Å². The molecule has 25 heavy (non-hydrogen) atoms. The maximum absolute atomic E-state index is 6.15. The Labute approximate surface area is 145 Å². The summed E-state index contributed by atoms with van der Waals surface area (Å²) < 4.78 is 12.0. The molecule has 0 bridgehead atoms. The van der Waals surface area contributed by atoms with Gasteiger partial charge in [-0.3, -0.25) is 0 Å². The zero-order valence-electron chi connectivity index (χ0n) is 13.8. The maximum Gasteiger partial charge on any atom is 0.222 e. The highest BCUT2D eigenvalue weighted by Crippen LogP contribution is 2.47. The van der Waals surface area contributed by atoms with Crippen LogP contribution in [0.15, 0.2) is 36.9 Å². The lowest BCUT2D eigenvalue weighted by Gasteiger charge is -2.14. The molecule has 0 saturated carbocycles. The quantitative estimate of drug-likeness (QED) is 0.757. The van der Waals surface area contributed by atoms with Gasteiger partial charge in [0.25, 0.3) is 0 Å². The molecule has 2 heterocycles. The fraction of sp³-hybridized carbons (Fsp3) is 0.158. The monoisotopic (exact) mass is 334 g/mol. The second kappa shape index (κ2) is 5.66. The number of hydrogen-bond donors (Lipinski definition) is 2. The molecular formula is C19H18N4O2. The standard InChI is InChI=1S/C19H18N4O2/c1-3-11-5-4-6-12(7-11)25-14-8-13-16(18(20)23-19(21)22-13)17-15(14)10(2)9-24-17/h3-8,10H,1,9H2,2H3,(H4,20,21,22,23). The minimum atomic E-state index is 0.121. The van der Waals surface area contributed by atoms with Crippen LogP contribution in [0.5, 0.6) is 17.2 Å². The lowest BCUT2D eigenvalue weighted by Crippen LogP contribution is -2.02. The van der Waals surface area contributed by atoms with Crippen molar-refractivity contribution < 1.29 is 9.47 Å². The Morgan fingerprint density at radius 2 is 2.12 bits per heavy atom. The molecule has 126 valence electrons. The average molecular weight is 334 g/mol. The number of fused-ring (bicyclic) bond motifs is 3. The average Bonchev–Trinajstić information content (AvgIpc) is 2.96. The van der Waals surface area contributed by atoms with E-state index in [1.165, 1.54) is 0 Å². The summed E-state index contributed by atoms with van der Waals surface area (Å²) in [7, 11) is 0. The van der Waals surface area contributed by atoms with Crippen LogP contribution in [0.3, 0.4) is 0 Å². The van der Waals surface area contributed by atoms with Crippen molar-refractivity contribution in [2.24, 2.45) is 0 Å². The van der Waals surface area contributed by atoms with E-state index in [2.05, 4.69) is 23.5 Å². The second-order valence-electron chi connectivity index (χ2n) is 6.07. The molecule has 0 amide bonds. The van der Waals surface area contributed by atoms with Crippen molar-refractivity contribution in [3.63, 3.8) is 0 Å². The molecular weight excluding hydrogens is 316 g/mol. The predicted molar refractivity (Wildman–Crippen MR) is 98.9 cm³/mol. The normalized spacial score (nSPS) is 15.6. The predicted octanol–water partition coefficient (Wildman–Crippen LogP) is 3.73. The lowest BCUT2D eigenvalue weighted by atomic mass is 9.99. The van der Waals surface area contributed by atoms with Gasteiger partial charge in [0.2, 0.25) is 5.95 Å². The first-order chi connectivity index (χ1) is 12.1. The van der Waals surface area contributed by atoms with E-state index in [-0.39, 0.29) is 11.9 Å². The number of anilines is 2. The topological polar surface area (TPSA) is 96.3 Å². The molecule has 6 nitrogen and oxygen atoms in total. The fourth-order valence-corrected chi connectivity index (χ4v) is 3.13. The largest absolute Gasteiger partial charge is 0.492 e. The Morgan fingerprint density at radius 3 is 2.92 bits per heavy atom. The van der Waals surface area contributed by atoms with Gasteiger partial charge in [-0.15, -0.1) is 0 Å². The number of nitrogens with two attached hydrogens (primary N) is 2. The lowest BCUT2D eigenvalue weighted by molar-refractivity contribution is 0.340. The first-order valence-electron chi connectivity index (χ1n) is 7.99. The molecule has 1 aliphatic heterocycles. The third kappa shape index (κ3) is 2.52. The van der Waals surface area contributed by atoms with Gasteiger partial charge in [0.05, 0.1) is 17.5 Å². The fourth-order valence-electron chi connectivity index (χ4n) is 3.13. The molecule has 3 aromatic rings. The molecule has 0 radical (unpaired) electrons. The van der Waals surface area contributed by atoms with Gasteiger partial charge in [-0.25, -0.2) is 4.98 Å². The smallest absolute Gasteiger partial charge is 0.222 e. The van der Waals surface area contributed by atoms with E-state index in [1.54, 1.807) is 6.08 Å². The van der Waals surface area contributed by atoms with Gasteiger partial charge in [0.1, 0.15) is 23.1 Å². The van der Waals surface area contributed by atoms with Crippen molar-refractivity contribution >= 4 is 28.7 Å². The van der Waals surface area contributed by atoms with Gasteiger partial charge in [-0.1, -0.05) is 31.7 Å². The van der Waals surface area contributed by atoms with Crippen LogP contribution in [0, 0.1) is 0 Å². The molecule has 0 spiro atoms. The number of ether oxygens (including phenoxy) is 2. The molecule has 1 unspecified atom stereocenters. The Morgan fingerprint density at radius 1 is 1.28 bits per heavy atom. The Kier molecular flexibility index (Phi) is 3.46. The Balaban J connectivity index is 1.91. The van der Waals surface area contributed by atoms with Crippen LogP contribution in [0.2, 0.25) is 0 Å². The van der Waals surface area contributed by atoms with E-state index in [1.807, 2.05) is 30.3 Å². The summed E-state index contributed by atoms with van der Waals surface area (Å²) >= 11 is 0. The van der Waals surface area contributed by atoms with E-state index >= 15 is 0 Å². The summed E-state index contributed by atoms with van der Waals surface area (Å²) in [6, 6.07) is 9.55. The number of nitrogen functional groups attached to an aromatic ring is 2. The van der Waals surface area contributed by atoms with Crippen molar-refractivity contribution in [3.05, 3.63) is 48.0 Å². The van der Waals surface area contributed by atoms with Crippen LogP contribution < -0.4 is 20.9 Å². The number of benzene rings is 2. The molecule has 4 N–H and O–H groups in total. The zero-order valence-corrected chi connectivity index (χ0v) is 13.8. The van der Waals surface area contributed by atoms with Crippen molar-refractivity contribution in [2.75, 3.05) is 18.1 Å². The summed E-state index contributed by atoms with van der Waals surface area (Å²) in [5.41, 5.74) is 14.4. The van der Waals surface area contributed by atoms with E-state index < -0.39 is 0 Å². The van der Waals surface area contributed by atoms with E-state index in [0.29, 0.717) is 40.6 Å². The summed E-state index contributed by atoms with van der Waals surface area (Å²) in [6.07, 6.45) is 1.78. The summed E-state index contributed by atoms with van der Waals surface area (Å²) in [4.78, 5) is 8.34. The van der Waals surface area contributed by atoms with Crippen molar-refractivity contribution in [1.29, 1.82) is 0 Å². The minimum absolute atomic E-state index is 0.121. The van der Waals surface area contributed by atoms with E-state index in [9.17, 15) is 0 Å². The number of hydrogen-bond acceptors (Lipinski definition) is 6. The number of nitrogens with zero attached hydrogens (tertiary/aromatic N) is 2. The zero-order chi connectivity index (χ0) is 17.6. The molecule has 4 rings (SSSR count). The SMILES string of the molecule is C=Cc1cccc(Oc2cc3nc(N)nc(N)c3c3c2C(C)CO3)c1. The van der Waals surface area contributed by atoms with Crippen molar-refractivity contribution in [2.45, 2.75) is 12.8 Å². The second-order valence-corrected chi connectivity index (χ2v) is 6.07. The first kappa shape index (κ1) is 15.3. The molecule has 1 aliphatic rings. The van der Waals surface area contributed by atoms with Crippen LogP contribution in [0.4, 0.5) is 11.8 Å². The molecule has 6 heteroatoms. The van der Waals surface area contributed by atoms with Crippen LogP contribution in [-0.2, 0) is 0 Å². The summed E-state index contributed by atoms with van der Waals surface area (Å²) in [5.74, 6) is 2.69. The van der Waals surface area contributed by atoms with Crippen LogP contribution in [0.25, 0.3) is 17.0 Å². The summed E-state index contributed by atoms with van der Waals surface area (Å²) in [5, 5.41) is 0.681. The minimum Gasteiger partial charge on any atom is -0.492 e. The third-order valence-electron chi connectivity index (χ3n) is 4.28. The van der Waals surface area contributed by atoms with Crippen LogP contribution in [-0.4, -0.2) is 16.6 Å². The third-order valence-corrected chi connectivity index (χ3v) is 4.28. The highest BCUT2D eigenvalue weighted by Gasteiger charge is 2.29. The van der Waals surface area contributed by atoms with Gasteiger partial charge in [-0.2, -0.15) is 4.98 Å². The Hall–Kier alpha value is -3.28. The van der Waals surface area contributed by atoms with Gasteiger partial charge >= 0.3 is 0 Å². The van der Waals surface area contributed by atoms with Gasteiger partial charge in [-0.05, 0) is 17.7 Å².